The molecule has 0 fully saturated rings. The summed E-state index contributed by atoms with van der Waals surface area (Å²) in [5.74, 6) is 0.864. The highest BCUT2D eigenvalue weighted by Crippen LogP contribution is 2.33. The lowest BCUT2D eigenvalue weighted by Gasteiger charge is -2.08. The number of H-pyrrole nitrogens is 1. The topological polar surface area (TPSA) is 53.1 Å². The van der Waals surface area contributed by atoms with Gasteiger partial charge in [0.05, 0.1) is 17.1 Å². The lowest BCUT2D eigenvalue weighted by Crippen LogP contribution is -1.92. The first-order chi connectivity index (χ1) is 11.1. The van der Waals surface area contributed by atoms with Crippen molar-refractivity contribution in [2.45, 2.75) is 13.8 Å². The van der Waals surface area contributed by atoms with Crippen LogP contribution in [0, 0.1) is 13.8 Å². The number of hydrogen-bond donors (Lipinski definition) is 2. The van der Waals surface area contributed by atoms with Gasteiger partial charge in [-0.2, -0.15) is 5.10 Å². The first-order valence-electron chi connectivity index (χ1n) is 7.24. The van der Waals surface area contributed by atoms with Crippen molar-refractivity contribution in [1.82, 2.24) is 9.97 Å². The van der Waals surface area contributed by atoms with Crippen molar-refractivity contribution in [1.29, 1.82) is 0 Å². The van der Waals surface area contributed by atoms with Crippen molar-refractivity contribution in [3.8, 4) is 22.5 Å². The van der Waals surface area contributed by atoms with E-state index in [2.05, 4.69) is 33.3 Å². The minimum atomic E-state index is 0.696. The van der Waals surface area contributed by atoms with Gasteiger partial charge < -0.3 is 4.98 Å². The van der Waals surface area contributed by atoms with Gasteiger partial charge >= 0.3 is 0 Å². The molecule has 0 atom stereocenters. The van der Waals surface area contributed by atoms with Gasteiger partial charge in [-0.15, -0.1) is 0 Å². The van der Waals surface area contributed by atoms with Crippen molar-refractivity contribution in [3.63, 3.8) is 0 Å². The van der Waals surface area contributed by atoms with E-state index in [4.69, 9.17) is 11.6 Å². The zero-order valence-corrected chi connectivity index (χ0v) is 13.8. The molecule has 0 aliphatic heterocycles. The van der Waals surface area contributed by atoms with E-state index in [9.17, 15) is 0 Å². The fraction of sp³-hybridized carbons (Fsp3) is 0.111. The molecule has 0 saturated carbocycles. The van der Waals surface area contributed by atoms with Gasteiger partial charge in [0.25, 0.3) is 0 Å². The van der Waals surface area contributed by atoms with E-state index in [0.29, 0.717) is 5.02 Å². The molecule has 5 heteroatoms. The van der Waals surface area contributed by atoms with E-state index in [-0.39, 0.29) is 0 Å². The maximum Gasteiger partial charge on any atom is 0.104 e. The highest BCUT2D eigenvalue weighted by atomic mass is 35.5. The van der Waals surface area contributed by atoms with Crippen LogP contribution >= 0.6 is 11.6 Å². The Morgan fingerprint density at radius 1 is 1.13 bits per heavy atom. The van der Waals surface area contributed by atoms with Crippen molar-refractivity contribution in [2.24, 2.45) is 5.10 Å². The normalized spacial score (nSPS) is 10.6. The van der Waals surface area contributed by atoms with Gasteiger partial charge in [-0.1, -0.05) is 29.8 Å². The number of aromatic amines is 1. The van der Waals surface area contributed by atoms with Crippen molar-refractivity contribution in [2.75, 3.05) is 5.43 Å². The number of aryl methyl sites for hydroxylation is 2. The number of benzene rings is 2. The lowest BCUT2D eigenvalue weighted by molar-refractivity contribution is 1.15. The highest BCUT2D eigenvalue weighted by molar-refractivity contribution is 6.30. The maximum absolute atomic E-state index is 6.12. The molecule has 0 bridgehead atoms. The largest absolute Gasteiger partial charge is 0.342 e. The third-order valence-electron chi connectivity index (χ3n) is 3.63. The van der Waals surface area contributed by atoms with Crippen LogP contribution in [0.5, 0.6) is 0 Å². The zero-order valence-electron chi connectivity index (χ0n) is 13.0. The smallest absolute Gasteiger partial charge is 0.104 e. The average Bonchev–Trinajstić information content (AvgIpc) is 2.91. The SMILES string of the molecule is C=NNc1ccc(-c2[nH]c(C)nc2-c2cccc(Cl)c2)cc1C. The van der Waals surface area contributed by atoms with Gasteiger partial charge in [0.15, 0.2) is 0 Å². The molecule has 4 nitrogen and oxygen atoms in total. The van der Waals surface area contributed by atoms with Gasteiger partial charge in [0.2, 0.25) is 0 Å². The number of halogens is 1. The van der Waals surface area contributed by atoms with Crippen LogP contribution in [-0.4, -0.2) is 16.7 Å². The summed E-state index contributed by atoms with van der Waals surface area (Å²) >= 11 is 6.12. The Kier molecular flexibility index (Phi) is 4.17. The van der Waals surface area contributed by atoms with Gasteiger partial charge in [-0.3, -0.25) is 5.43 Å². The molecule has 1 aromatic heterocycles. The molecule has 0 saturated heterocycles. The second-order valence-corrected chi connectivity index (χ2v) is 5.79. The fourth-order valence-corrected chi connectivity index (χ4v) is 2.77. The number of hydrazone groups is 1. The predicted octanol–water partition coefficient (Wildman–Crippen LogP) is 5.04. The summed E-state index contributed by atoms with van der Waals surface area (Å²) in [4.78, 5) is 7.98. The van der Waals surface area contributed by atoms with Crippen molar-refractivity contribution in [3.05, 3.63) is 58.9 Å². The second kappa shape index (κ2) is 6.26. The summed E-state index contributed by atoms with van der Waals surface area (Å²) in [5, 5.41) is 4.41. The predicted molar refractivity (Wildman–Crippen MR) is 97.1 cm³/mol. The van der Waals surface area contributed by atoms with E-state index in [1.807, 2.05) is 50.2 Å². The van der Waals surface area contributed by atoms with E-state index in [1.54, 1.807) is 0 Å². The molecule has 2 aromatic carbocycles. The summed E-state index contributed by atoms with van der Waals surface area (Å²) in [6, 6.07) is 13.8. The monoisotopic (exact) mass is 324 g/mol. The lowest BCUT2D eigenvalue weighted by atomic mass is 10.0. The number of imidazole rings is 1. The first kappa shape index (κ1) is 15.3. The number of anilines is 1. The molecule has 0 radical (unpaired) electrons. The number of nitrogens with zero attached hydrogens (tertiary/aromatic N) is 2. The standard InChI is InChI=1S/C18H17ClN4/c1-11-9-14(7-8-16(11)23-20-3)18-17(21-12(2)22-18)13-5-4-6-15(19)10-13/h4-10,23H,3H2,1-2H3,(H,21,22). The van der Waals surface area contributed by atoms with E-state index in [0.717, 1.165) is 39.6 Å². The Hall–Kier alpha value is -2.59. The van der Waals surface area contributed by atoms with Gasteiger partial charge in [0.1, 0.15) is 5.82 Å². The van der Waals surface area contributed by atoms with E-state index in [1.165, 1.54) is 0 Å². The van der Waals surface area contributed by atoms with Crippen LogP contribution in [0.25, 0.3) is 22.5 Å². The highest BCUT2D eigenvalue weighted by Gasteiger charge is 2.13. The molecule has 0 amide bonds. The molecule has 116 valence electrons. The Morgan fingerprint density at radius 3 is 2.65 bits per heavy atom. The maximum atomic E-state index is 6.12. The van der Waals surface area contributed by atoms with E-state index < -0.39 is 0 Å². The molecule has 0 unspecified atom stereocenters. The van der Waals surface area contributed by atoms with Crippen LogP contribution < -0.4 is 5.43 Å². The summed E-state index contributed by atoms with van der Waals surface area (Å²) in [7, 11) is 0. The van der Waals surface area contributed by atoms with Crippen LogP contribution in [0.4, 0.5) is 5.69 Å². The van der Waals surface area contributed by atoms with Crippen LogP contribution in [-0.2, 0) is 0 Å². The Labute approximate surface area is 140 Å². The van der Waals surface area contributed by atoms with Gasteiger partial charge in [-0.25, -0.2) is 4.98 Å². The van der Waals surface area contributed by atoms with Crippen molar-refractivity contribution < 1.29 is 0 Å². The minimum Gasteiger partial charge on any atom is -0.342 e. The second-order valence-electron chi connectivity index (χ2n) is 5.36. The summed E-state index contributed by atoms with van der Waals surface area (Å²) in [6.07, 6.45) is 0. The Bertz CT molecular complexity index is 867. The quantitative estimate of drug-likeness (QED) is 0.521. The minimum absolute atomic E-state index is 0.696. The number of hydrogen-bond acceptors (Lipinski definition) is 3. The van der Waals surface area contributed by atoms with Crippen LogP contribution in [0.2, 0.25) is 5.02 Å². The summed E-state index contributed by atoms with van der Waals surface area (Å²) < 4.78 is 0. The molecule has 2 N–H and O–H groups in total. The van der Waals surface area contributed by atoms with Crippen molar-refractivity contribution >= 4 is 24.0 Å². The van der Waals surface area contributed by atoms with E-state index >= 15 is 0 Å². The molecular formula is C18H17ClN4. The third kappa shape index (κ3) is 3.12. The number of rotatable bonds is 4. The molecular weight excluding hydrogens is 308 g/mol. The van der Waals surface area contributed by atoms with Crippen LogP contribution in [0.3, 0.4) is 0 Å². The summed E-state index contributed by atoms with van der Waals surface area (Å²) in [6.45, 7) is 7.43. The third-order valence-corrected chi connectivity index (χ3v) is 3.87. The molecule has 0 aliphatic carbocycles. The van der Waals surface area contributed by atoms with Gasteiger partial charge in [0, 0.05) is 22.9 Å². The molecule has 0 spiro atoms. The Balaban J connectivity index is 2.10. The number of nitrogens with one attached hydrogen (secondary N) is 2. The number of aromatic nitrogens is 2. The zero-order chi connectivity index (χ0) is 16.4. The molecule has 3 aromatic rings. The molecule has 23 heavy (non-hydrogen) atoms. The van der Waals surface area contributed by atoms with Crippen LogP contribution in [0.15, 0.2) is 47.6 Å². The summed E-state index contributed by atoms with van der Waals surface area (Å²) in [5.41, 5.74) is 8.83. The average molecular weight is 325 g/mol. The van der Waals surface area contributed by atoms with Crippen LogP contribution in [0.1, 0.15) is 11.4 Å². The molecule has 1 heterocycles. The first-order valence-corrected chi connectivity index (χ1v) is 7.61. The molecule has 3 rings (SSSR count). The Morgan fingerprint density at radius 2 is 1.96 bits per heavy atom. The molecule has 0 aliphatic rings. The van der Waals surface area contributed by atoms with Gasteiger partial charge in [-0.05, 0) is 43.7 Å². The fourth-order valence-electron chi connectivity index (χ4n) is 2.58.